The van der Waals surface area contributed by atoms with Gasteiger partial charge in [-0.05, 0) is 57.1 Å². The van der Waals surface area contributed by atoms with E-state index >= 15 is 0 Å². The predicted octanol–water partition coefficient (Wildman–Crippen LogP) is 2.26. The molecule has 2 aliphatic heterocycles. The lowest BCUT2D eigenvalue weighted by Crippen LogP contribution is -2.44. The number of imidazole rings is 1. The van der Waals surface area contributed by atoms with Crippen LogP contribution in [0.1, 0.15) is 47.4 Å². The van der Waals surface area contributed by atoms with E-state index in [4.69, 9.17) is 9.97 Å². The molecule has 0 spiro atoms. The van der Waals surface area contributed by atoms with Crippen LogP contribution >= 0.6 is 0 Å². The van der Waals surface area contributed by atoms with Gasteiger partial charge in [0.15, 0.2) is 5.82 Å². The van der Waals surface area contributed by atoms with Crippen LogP contribution in [-0.4, -0.2) is 75.9 Å². The van der Waals surface area contributed by atoms with Crippen molar-refractivity contribution in [1.82, 2.24) is 34.6 Å². The number of rotatable bonds is 7. The van der Waals surface area contributed by atoms with Crippen LogP contribution in [0.5, 0.6) is 0 Å². The molecular weight excluding hydrogens is 426 g/mol. The molecular formula is C26H33N7O. The molecule has 1 N–H and O–H groups in total. The molecule has 0 aromatic carbocycles. The Hall–Kier alpha value is -3.19. The Morgan fingerprint density at radius 2 is 2.15 bits per heavy atom. The first-order chi connectivity index (χ1) is 16.7. The summed E-state index contributed by atoms with van der Waals surface area (Å²) in [5, 5.41) is 2.89. The van der Waals surface area contributed by atoms with E-state index in [1.165, 1.54) is 11.3 Å². The minimum atomic E-state index is 0.265. The fourth-order valence-electron chi connectivity index (χ4n) is 5.25. The molecule has 0 radical (unpaired) electrons. The summed E-state index contributed by atoms with van der Waals surface area (Å²) in [6.07, 6.45) is 12.0. The maximum absolute atomic E-state index is 11.3. The average Bonchev–Trinajstić information content (AvgIpc) is 3.05. The molecule has 34 heavy (non-hydrogen) atoms. The summed E-state index contributed by atoms with van der Waals surface area (Å²) in [4.78, 5) is 28.1. The third-order valence-electron chi connectivity index (χ3n) is 7.10. The molecule has 4 heterocycles. The van der Waals surface area contributed by atoms with E-state index in [-0.39, 0.29) is 6.04 Å². The van der Waals surface area contributed by atoms with E-state index in [1.807, 2.05) is 30.5 Å². The number of aryl methyl sites for hydroxylation is 1. The number of amides is 1. The van der Waals surface area contributed by atoms with Crippen molar-refractivity contribution in [2.24, 2.45) is 0 Å². The second kappa shape index (κ2) is 9.97. The molecule has 1 atom stereocenters. The van der Waals surface area contributed by atoms with Gasteiger partial charge in [0.1, 0.15) is 5.82 Å². The van der Waals surface area contributed by atoms with Gasteiger partial charge in [0.25, 0.3) is 0 Å². The third kappa shape index (κ3) is 4.44. The van der Waals surface area contributed by atoms with Crippen LogP contribution in [0, 0.1) is 0 Å². The van der Waals surface area contributed by atoms with Crippen LogP contribution in [-0.2, 0) is 24.3 Å². The van der Waals surface area contributed by atoms with Crippen LogP contribution in [0.3, 0.4) is 0 Å². The average molecular weight is 460 g/mol. The lowest BCUT2D eigenvalue weighted by Gasteiger charge is -2.35. The van der Waals surface area contributed by atoms with E-state index in [1.54, 1.807) is 0 Å². The van der Waals surface area contributed by atoms with Gasteiger partial charge in [-0.25, -0.2) is 4.98 Å². The van der Waals surface area contributed by atoms with Crippen LogP contribution < -0.4 is 5.32 Å². The molecule has 5 rings (SSSR count). The number of allylic oxidation sites excluding steroid dienone is 2. The fourth-order valence-corrected chi connectivity index (χ4v) is 5.25. The molecule has 1 fully saturated rings. The van der Waals surface area contributed by atoms with Crippen molar-refractivity contribution in [1.29, 1.82) is 0 Å². The molecule has 0 saturated carbocycles. The molecule has 2 aromatic heterocycles. The summed E-state index contributed by atoms with van der Waals surface area (Å²) in [7, 11) is 4.31. The zero-order valence-electron chi connectivity index (χ0n) is 20.1. The summed E-state index contributed by atoms with van der Waals surface area (Å²) in [5.41, 5.74) is 8.00. The minimum Gasteiger partial charge on any atom is -0.353 e. The number of carbonyl (C=O) groups is 1. The summed E-state index contributed by atoms with van der Waals surface area (Å²) >= 11 is 0. The van der Waals surface area contributed by atoms with Crippen molar-refractivity contribution in [3.63, 3.8) is 0 Å². The van der Waals surface area contributed by atoms with Gasteiger partial charge < -0.3 is 15.1 Å². The molecule has 1 amide bonds. The number of piperazine rings is 1. The number of hydrogen-bond donors (Lipinski definition) is 1. The van der Waals surface area contributed by atoms with E-state index in [9.17, 15) is 4.79 Å². The number of fused-ring (bicyclic) bond motifs is 2. The van der Waals surface area contributed by atoms with E-state index < -0.39 is 0 Å². The largest absolute Gasteiger partial charge is 0.353 e. The second-order valence-electron chi connectivity index (χ2n) is 9.35. The SMILES string of the molecule is CN1CCN(C2=C=CC=Cc3nc(CN(C)[C@H]4CCCc5cccnc54)c(CNC=O)n32)CC1. The van der Waals surface area contributed by atoms with Gasteiger partial charge in [-0.2, -0.15) is 0 Å². The topological polar surface area (TPSA) is 69.5 Å². The lowest BCUT2D eigenvalue weighted by atomic mass is 9.91. The molecule has 8 heteroatoms. The third-order valence-corrected chi connectivity index (χ3v) is 7.10. The summed E-state index contributed by atoms with van der Waals surface area (Å²) < 4.78 is 2.18. The molecule has 2 aromatic rings. The maximum Gasteiger partial charge on any atom is 0.207 e. The quantitative estimate of drug-likeness (QED) is 0.506. The van der Waals surface area contributed by atoms with E-state index in [0.717, 1.165) is 74.9 Å². The highest BCUT2D eigenvalue weighted by Crippen LogP contribution is 2.33. The van der Waals surface area contributed by atoms with Crippen LogP contribution in [0.4, 0.5) is 0 Å². The fraction of sp³-hybridized carbons (Fsp3) is 0.462. The number of likely N-dealkylation sites (N-methyl/N-ethyl adjacent to an activating group) is 1. The predicted molar refractivity (Wildman–Crippen MR) is 132 cm³/mol. The standard InChI is InChI=1S/C26H33N7O/c1-30-13-15-32(16-14-30)25-11-4-3-10-24-29-21(23(33(24)25)17-27-19-34)18-31(2)22-9-5-7-20-8-6-12-28-26(20)22/h3-4,6,8,10,12,19,22H,5,7,9,13-18H2,1-2H3,(H,27,34)/t22-/m0/s1. The van der Waals surface area contributed by atoms with Crippen molar-refractivity contribution in [2.75, 3.05) is 40.3 Å². The number of nitrogens with zero attached hydrogens (tertiary/aromatic N) is 6. The summed E-state index contributed by atoms with van der Waals surface area (Å²) in [6, 6.07) is 4.50. The smallest absolute Gasteiger partial charge is 0.207 e. The van der Waals surface area contributed by atoms with Crippen molar-refractivity contribution in [3.8, 4) is 0 Å². The molecule has 1 saturated heterocycles. The Bertz CT molecular complexity index is 1140. The Kier molecular flexibility index (Phi) is 6.63. The van der Waals surface area contributed by atoms with Gasteiger partial charge in [0.05, 0.1) is 29.7 Å². The number of carbonyl (C=O) groups excluding carboxylic acids is 1. The number of aromatic nitrogens is 3. The highest BCUT2D eigenvalue weighted by Gasteiger charge is 2.29. The number of pyridine rings is 1. The minimum absolute atomic E-state index is 0.265. The summed E-state index contributed by atoms with van der Waals surface area (Å²) in [5.74, 6) is 1.88. The second-order valence-corrected chi connectivity index (χ2v) is 9.35. The van der Waals surface area contributed by atoms with Crippen LogP contribution in [0.2, 0.25) is 0 Å². The van der Waals surface area contributed by atoms with Gasteiger partial charge >= 0.3 is 0 Å². The first kappa shape index (κ1) is 22.6. The van der Waals surface area contributed by atoms with Gasteiger partial charge in [0, 0.05) is 38.9 Å². The Morgan fingerprint density at radius 1 is 1.29 bits per heavy atom. The number of hydrogen-bond acceptors (Lipinski definition) is 6. The normalized spacial score (nSPS) is 20.0. The molecule has 3 aliphatic rings. The Balaban J connectivity index is 1.48. The van der Waals surface area contributed by atoms with Crippen molar-refractivity contribution < 1.29 is 4.79 Å². The summed E-state index contributed by atoms with van der Waals surface area (Å²) in [6.45, 7) is 4.99. The van der Waals surface area contributed by atoms with Gasteiger partial charge in [-0.15, -0.1) is 0 Å². The van der Waals surface area contributed by atoms with Gasteiger partial charge in [-0.3, -0.25) is 19.2 Å². The zero-order valence-corrected chi connectivity index (χ0v) is 20.1. The number of nitrogens with one attached hydrogen (secondary N) is 1. The molecule has 0 bridgehead atoms. The highest BCUT2D eigenvalue weighted by atomic mass is 16.1. The highest BCUT2D eigenvalue weighted by molar-refractivity contribution is 5.59. The van der Waals surface area contributed by atoms with Crippen LogP contribution in [0.25, 0.3) is 11.9 Å². The van der Waals surface area contributed by atoms with E-state index in [2.05, 4.69) is 50.5 Å². The molecule has 1 aliphatic carbocycles. The molecule has 0 unspecified atom stereocenters. The van der Waals surface area contributed by atoms with E-state index in [0.29, 0.717) is 13.1 Å². The molecule has 178 valence electrons. The zero-order chi connectivity index (χ0) is 23.5. The van der Waals surface area contributed by atoms with Crippen molar-refractivity contribution in [2.45, 2.75) is 38.4 Å². The first-order valence-corrected chi connectivity index (χ1v) is 12.1. The molecule has 8 nitrogen and oxygen atoms in total. The monoisotopic (exact) mass is 459 g/mol. The van der Waals surface area contributed by atoms with Gasteiger partial charge in [0.2, 0.25) is 6.41 Å². The Labute approximate surface area is 201 Å². The van der Waals surface area contributed by atoms with Crippen molar-refractivity contribution >= 4 is 18.3 Å². The van der Waals surface area contributed by atoms with Gasteiger partial charge in [-0.1, -0.05) is 17.9 Å². The lowest BCUT2D eigenvalue weighted by molar-refractivity contribution is -0.109. The maximum atomic E-state index is 11.3. The van der Waals surface area contributed by atoms with Crippen molar-refractivity contribution in [3.05, 3.63) is 64.7 Å². The first-order valence-electron chi connectivity index (χ1n) is 12.1. The Morgan fingerprint density at radius 3 is 2.97 bits per heavy atom. The van der Waals surface area contributed by atoms with Crippen LogP contribution in [0.15, 0.2) is 36.2 Å².